The molecule has 2 aliphatic rings. The highest BCUT2D eigenvalue weighted by Gasteiger charge is 2.29. The number of hydrogen-bond donors (Lipinski definition) is 4. The summed E-state index contributed by atoms with van der Waals surface area (Å²) in [6.07, 6.45) is 5.49. The molecule has 3 N–H and O–H groups in total. The van der Waals surface area contributed by atoms with Gasteiger partial charge in [0.05, 0.1) is 5.37 Å². The van der Waals surface area contributed by atoms with E-state index >= 15 is 0 Å². The van der Waals surface area contributed by atoms with E-state index in [9.17, 15) is 14.1 Å². The first-order valence-corrected chi connectivity index (χ1v) is 12.9. The molecule has 31 heavy (non-hydrogen) atoms. The molecule has 3 rings (SSSR count). The number of rotatable bonds is 6. The fraction of sp³-hybridized carbons (Fsp3) is 0.583. The van der Waals surface area contributed by atoms with Gasteiger partial charge < -0.3 is 20.1 Å². The maximum absolute atomic E-state index is 12.4. The average molecular weight is 448 g/mol. The molecule has 1 aromatic rings. The van der Waals surface area contributed by atoms with Crippen molar-refractivity contribution in [3.05, 3.63) is 41.5 Å². The molecular formula is C24H37N3O3S. The van der Waals surface area contributed by atoms with Gasteiger partial charge in [-0.2, -0.15) is 0 Å². The Morgan fingerprint density at radius 3 is 2.45 bits per heavy atom. The molecule has 1 aromatic carbocycles. The Kier molecular flexibility index (Phi) is 8.58. The highest BCUT2D eigenvalue weighted by atomic mass is 32.2. The maximum Gasteiger partial charge on any atom is 0.248 e. The standard InChI is InChI=1S/C24H37N3O3S/c1-17(2)21-5-7-22(8-6-21)26-23(29)14-19-10-12-27(13-11-19)15-20-4-9-24(25-18(3)28)31(30)16-20/h5-8,14,17,20,24,30-31H,4,9-13,15-16H2,1-3H3,(H,25,28)(H,26,29). The molecule has 0 aliphatic carbocycles. The van der Waals surface area contributed by atoms with Gasteiger partial charge in [-0.15, -0.1) is 11.2 Å². The van der Waals surface area contributed by atoms with Crippen molar-refractivity contribution in [2.24, 2.45) is 5.92 Å². The van der Waals surface area contributed by atoms with Crippen molar-refractivity contribution in [3.8, 4) is 0 Å². The summed E-state index contributed by atoms with van der Waals surface area (Å²) in [6, 6.07) is 8.05. The second-order valence-corrected chi connectivity index (χ2v) is 11.0. The number of benzene rings is 1. The number of amides is 2. The second-order valence-electron chi connectivity index (χ2n) is 9.15. The number of nitrogens with zero attached hydrogens (tertiary/aromatic N) is 1. The number of carbonyl (C=O) groups is 2. The SMILES string of the molecule is CC(=O)NC1CCC(CN2CCC(=CC(=O)Nc3ccc(C(C)C)cc3)CC2)C[SH]1O. The summed E-state index contributed by atoms with van der Waals surface area (Å²) in [7, 11) is 0. The summed E-state index contributed by atoms with van der Waals surface area (Å²) >= 11 is -1.13. The minimum absolute atomic E-state index is 0.0419. The van der Waals surface area contributed by atoms with Crippen LogP contribution in [0, 0.1) is 5.92 Å². The Balaban J connectivity index is 1.41. The lowest BCUT2D eigenvalue weighted by Gasteiger charge is -2.39. The van der Waals surface area contributed by atoms with E-state index in [1.54, 1.807) is 6.08 Å². The average Bonchev–Trinajstić information content (AvgIpc) is 2.71. The van der Waals surface area contributed by atoms with Gasteiger partial charge in [0.15, 0.2) is 0 Å². The van der Waals surface area contributed by atoms with E-state index in [0.717, 1.165) is 56.8 Å². The highest BCUT2D eigenvalue weighted by Crippen LogP contribution is 2.38. The Morgan fingerprint density at radius 1 is 1.19 bits per heavy atom. The van der Waals surface area contributed by atoms with Gasteiger partial charge in [0.25, 0.3) is 0 Å². The van der Waals surface area contributed by atoms with Crippen LogP contribution in [-0.4, -0.2) is 52.0 Å². The number of hydrogen-bond acceptors (Lipinski definition) is 4. The third kappa shape index (κ3) is 7.37. The third-order valence-electron chi connectivity index (χ3n) is 6.22. The monoisotopic (exact) mass is 447 g/mol. The molecule has 2 heterocycles. The van der Waals surface area contributed by atoms with Crippen LogP contribution in [0.3, 0.4) is 0 Å². The first-order valence-electron chi connectivity index (χ1n) is 11.4. The minimum atomic E-state index is -1.13. The van der Waals surface area contributed by atoms with Gasteiger partial charge in [-0.05, 0) is 55.2 Å². The van der Waals surface area contributed by atoms with Crippen LogP contribution in [0.5, 0.6) is 0 Å². The lowest BCUT2D eigenvalue weighted by atomic mass is 9.99. The Bertz CT molecular complexity index is 784. The van der Waals surface area contributed by atoms with Crippen molar-refractivity contribution in [2.75, 3.05) is 30.7 Å². The molecule has 0 saturated carbocycles. The maximum atomic E-state index is 12.4. The summed E-state index contributed by atoms with van der Waals surface area (Å²) in [5.74, 6) is 1.66. The molecule has 3 unspecified atom stereocenters. The Labute approximate surface area is 189 Å². The first-order chi connectivity index (χ1) is 14.8. The molecule has 2 saturated heterocycles. The van der Waals surface area contributed by atoms with Crippen LogP contribution in [0.4, 0.5) is 5.69 Å². The molecule has 0 aromatic heterocycles. The summed E-state index contributed by atoms with van der Waals surface area (Å²) < 4.78 is 10.4. The van der Waals surface area contributed by atoms with Crippen LogP contribution < -0.4 is 10.6 Å². The fourth-order valence-corrected chi connectivity index (χ4v) is 6.26. The van der Waals surface area contributed by atoms with Gasteiger partial charge in [-0.25, -0.2) is 0 Å². The van der Waals surface area contributed by atoms with E-state index in [2.05, 4.69) is 41.5 Å². The summed E-state index contributed by atoms with van der Waals surface area (Å²) in [6.45, 7) is 8.73. The molecule has 7 heteroatoms. The molecule has 2 aliphatic heterocycles. The quantitative estimate of drug-likeness (QED) is 0.391. The smallest absolute Gasteiger partial charge is 0.248 e. The zero-order valence-electron chi connectivity index (χ0n) is 18.9. The number of carbonyl (C=O) groups excluding carboxylic acids is 2. The number of nitrogens with one attached hydrogen (secondary N) is 2. The lowest BCUT2D eigenvalue weighted by Crippen LogP contribution is -2.42. The van der Waals surface area contributed by atoms with Crippen LogP contribution in [0.1, 0.15) is 57.9 Å². The van der Waals surface area contributed by atoms with Crippen molar-refractivity contribution < 1.29 is 14.1 Å². The predicted molar refractivity (Wildman–Crippen MR) is 130 cm³/mol. The van der Waals surface area contributed by atoms with Crippen molar-refractivity contribution in [1.82, 2.24) is 10.2 Å². The fourth-order valence-electron chi connectivity index (χ4n) is 4.40. The van der Waals surface area contributed by atoms with Gasteiger partial charge in [0, 0.05) is 44.1 Å². The van der Waals surface area contributed by atoms with Crippen LogP contribution in [0.25, 0.3) is 0 Å². The molecule has 2 fully saturated rings. The van der Waals surface area contributed by atoms with Gasteiger partial charge >= 0.3 is 0 Å². The molecular weight excluding hydrogens is 410 g/mol. The van der Waals surface area contributed by atoms with E-state index in [1.165, 1.54) is 18.1 Å². The molecule has 2 amide bonds. The third-order valence-corrected chi connectivity index (χ3v) is 8.22. The number of thiol groups is 1. The number of anilines is 1. The zero-order chi connectivity index (χ0) is 22.4. The molecule has 0 radical (unpaired) electrons. The van der Waals surface area contributed by atoms with Crippen LogP contribution >= 0.6 is 11.2 Å². The number of likely N-dealkylation sites (tertiary alicyclic amines) is 1. The van der Waals surface area contributed by atoms with Crippen molar-refractivity contribution in [1.29, 1.82) is 0 Å². The van der Waals surface area contributed by atoms with Gasteiger partial charge in [0.1, 0.15) is 0 Å². The van der Waals surface area contributed by atoms with Gasteiger partial charge in [-0.1, -0.05) is 31.6 Å². The summed E-state index contributed by atoms with van der Waals surface area (Å²) in [4.78, 5) is 26.1. The summed E-state index contributed by atoms with van der Waals surface area (Å²) in [5, 5.41) is 5.81. The van der Waals surface area contributed by atoms with Crippen LogP contribution in [0.15, 0.2) is 35.9 Å². The molecule has 172 valence electrons. The number of piperidine rings is 1. The van der Waals surface area contributed by atoms with E-state index in [1.807, 2.05) is 12.1 Å². The summed E-state index contributed by atoms with van der Waals surface area (Å²) in [5.41, 5.74) is 3.30. The Morgan fingerprint density at radius 2 is 1.87 bits per heavy atom. The van der Waals surface area contributed by atoms with Crippen molar-refractivity contribution in [3.63, 3.8) is 0 Å². The van der Waals surface area contributed by atoms with Crippen LogP contribution in [-0.2, 0) is 9.59 Å². The molecule has 6 nitrogen and oxygen atoms in total. The highest BCUT2D eigenvalue weighted by molar-refractivity contribution is 8.12. The molecule has 0 bridgehead atoms. The van der Waals surface area contributed by atoms with Crippen LogP contribution in [0.2, 0.25) is 0 Å². The van der Waals surface area contributed by atoms with E-state index in [4.69, 9.17) is 0 Å². The minimum Gasteiger partial charge on any atom is -0.352 e. The first kappa shape index (κ1) is 23.8. The van der Waals surface area contributed by atoms with Crippen molar-refractivity contribution >= 4 is 28.7 Å². The van der Waals surface area contributed by atoms with Gasteiger partial charge in [-0.3, -0.25) is 9.59 Å². The van der Waals surface area contributed by atoms with Gasteiger partial charge in [0.2, 0.25) is 11.8 Å². The predicted octanol–water partition coefficient (Wildman–Crippen LogP) is 4.12. The second kappa shape index (κ2) is 11.2. The molecule has 3 atom stereocenters. The van der Waals surface area contributed by atoms with E-state index in [0.29, 0.717) is 11.8 Å². The normalized spacial score (nSPS) is 25.8. The van der Waals surface area contributed by atoms with E-state index < -0.39 is 11.2 Å². The van der Waals surface area contributed by atoms with E-state index in [-0.39, 0.29) is 17.2 Å². The van der Waals surface area contributed by atoms with Crippen molar-refractivity contribution in [2.45, 2.75) is 57.7 Å². The molecule has 0 spiro atoms. The topological polar surface area (TPSA) is 81.7 Å². The lowest BCUT2D eigenvalue weighted by molar-refractivity contribution is -0.119. The largest absolute Gasteiger partial charge is 0.352 e. The Hall–Kier alpha value is -1.83. The zero-order valence-corrected chi connectivity index (χ0v) is 19.8.